The summed E-state index contributed by atoms with van der Waals surface area (Å²) in [6, 6.07) is 18.6. The minimum absolute atomic E-state index is 0.0148. The van der Waals surface area contributed by atoms with Gasteiger partial charge in [-0.1, -0.05) is 60.7 Å². The Labute approximate surface area is 176 Å². The number of nitrogens with zero attached hydrogens (tertiary/aromatic N) is 3. The van der Waals surface area contributed by atoms with Crippen LogP contribution in [0.3, 0.4) is 0 Å². The van der Waals surface area contributed by atoms with Gasteiger partial charge in [-0.3, -0.25) is 19.9 Å². The zero-order valence-electron chi connectivity index (χ0n) is 16.6. The molecule has 2 aromatic carbocycles. The summed E-state index contributed by atoms with van der Waals surface area (Å²) in [5, 5.41) is 2.46. The Hall–Kier alpha value is -4.27. The normalized spacial score (nSPS) is 10.9. The van der Waals surface area contributed by atoms with Gasteiger partial charge in [0.1, 0.15) is 5.78 Å². The van der Waals surface area contributed by atoms with Crippen LogP contribution in [0.1, 0.15) is 24.2 Å². The van der Waals surface area contributed by atoms with E-state index in [2.05, 4.69) is 20.3 Å². The molecule has 4 aromatic rings. The highest BCUT2D eigenvalue weighted by atomic mass is 16.6. The van der Waals surface area contributed by atoms with E-state index in [0.29, 0.717) is 0 Å². The molecule has 2 heterocycles. The SMILES string of the molecule is CC(=O)Cn1cnc2c(=O)[nH]c(NC(=O)OC(c3ccccc3)c3ccccc3)nc21. The molecule has 0 aliphatic heterocycles. The monoisotopic (exact) mass is 417 g/mol. The maximum Gasteiger partial charge on any atom is 0.414 e. The minimum atomic E-state index is -0.794. The number of amides is 1. The molecule has 2 N–H and O–H groups in total. The van der Waals surface area contributed by atoms with E-state index in [0.717, 1.165) is 11.1 Å². The van der Waals surface area contributed by atoms with Crippen molar-refractivity contribution in [2.24, 2.45) is 0 Å². The predicted octanol–water partition coefficient (Wildman–Crippen LogP) is 3.05. The molecule has 0 fully saturated rings. The van der Waals surface area contributed by atoms with Crippen LogP contribution in [0.5, 0.6) is 0 Å². The maximum absolute atomic E-state index is 12.6. The quantitative estimate of drug-likeness (QED) is 0.498. The summed E-state index contributed by atoms with van der Waals surface area (Å²) in [5.74, 6) is -0.225. The number of hydrogen-bond acceptors (Lipinski definition) is 6. The number of carbonyl (C=O) groups excluding carboxylic acids is 2. The number of H-pyrrole nitrogens is 1. The first-order valence-corrected chi connectivity index (χ1v) is 9.53. The van der Waals surface area contributed by atoms with E-state index in [-0.39, 0.29) is 29.4 Å². The van der Waals surface area contributed by atoms with Gasteiger partial charge >= 0.3 is 6.09 Å². The van der Waals surface area contributed by atoms with E-state index in [9.17, 15) is 14.4 Å². The van der Waals surface area contributed by atoms with Gasteiger partial charge in [0.2, 0.25) is 5.95 Å². The number of hydrogen-bond donors (Lipinski definition) is 2. The first kappa shape index (κ1) is 20.0. The van der Waals surface area contributed by atoms with Gasteiger partial charge < -0.3 is 9.30 Å². The lowest BCUT2D eigenvalue weighted by Crippen LogP contribution is -2.22. The molecule has 4 rings (SSSR count). The van der Waals surface area contributed by atoms with Gasteiger partial charge in [-0.2, -0.15) is 4.98 Å². The summed E-state index contributed by atoms with van der Waals surface area (Å²) in [6.45, 7) is 1.43. The number of rotatable bonds is 6. The average molecular weight is 417 g/mol. The van der Waals surface area contributed by atoms with Crippen LogP contribution in [0.25, 0.3) is 11.2 Å². The number of aromatic nitrogens is 4. The Morgan fingerprint density at radius 2 is 1.68 bits per heavy atom. The van der Waals surface area contributed by atoms with Crippen LogP contribution < -0.4 is 10.9 Å². The third-order valence-electron chi connectivity index (χ3n) is 4.52. The van der Waals surface area contributed by atoms with Gasteiger partial charge in [0, 0.05) is 0 Å². The molecule has 156 valence electrons. The second-order valence-corrected chi connectivity index (χ2v) is 6.89. The molecular formula is C22H19N5O4. The number of anilines is 1. The van der Waals surface area contributed by atoms with Gasteiger partial charge in [-0.15, -0.1) is 0 Å². The highest BCUT2D eigenvalue weighted by Gasteiger charge is 2.20. The summed E-state index contributed by atoms with van der Waals surface area (Å²) in [7, 11) is 0. The summed E-state index contributed by atoms with van der Waals surface area (Å²) in [6.07, 6.45) is -0.0871. The molecule has 0 atom stereocenters. The first-order valence-electron chi connectivity index (χ1n) is 9.53. The molecule has 31 heavy (non-hydrogen) atoms. The van der Waals surface area contributed by atoms with Crippen LogP contribution in [0.4, 0.5) is 10.7 Å². The lowest BCUT2D eigenvalue weighted by atomic mass is 10.0. The number of ketones is 1. The fraction of sp³-hybridized carbons (Fsp3) is 0.136. The molecule has 9 heteroatoms. The summed E-state index contributed by atoms with van der Waals surface area (Å²) < 4.78 is 7.11. The molecule has 0 aliphatic rings. The largest absolute Gasteiger partial charge is 0.436 e. The van der Waals surface area contributed by atoms with Gasteiger partial charge in [0.25, 0.3) is 5.56 Å². The smallest absolute Gasteiger partial charge is 0.414 e. The third kappa shape index (κ3) is 4.50. The van der Waals surface area contributed by atoms with Gasteiger partial charge in [0.15, 0.2) is 17.3 Å². The molecular weight excluding hydrogens is 398 g/mol. The van der Waals surface area contributed by atoms with Crippen LogP contribution in [-0.2, 0) is 16.1 Å². The minimum Gasteiger partial charge on any atom is -0.436 e. The molecule has 0 radical (unpaired) electrons. The van der Waals surface area contributed by atoms with Gasteiger partial charge in [-0.05, 0) is 18.1 Å². The zero-order chi connectivity index (χ0) is 21.8. The number of ether oxygens (including phenoxy) is 1. The summed E-state index contributed by atoms with van der Waals surface area (Å²) in [4.78, 5) is 47.0. The Balaban J connectivity index is 1.60. The Bertz CT molecular complexity index is 1240. The van der Waals surface area contributed by atoms with Gasteiger partial charge in [-0.25, -0.2) is 9.78 Å². The number of fused-ring (bicyclic) bond motifs is 1. The molecule has 0 aliphatic carbocycles. The van der Waals surface area contributed by atoms with Crippen molar-refractivity contribution in [3.63, 3.8) is 0 Å². The second-order valence-electron chi connectivity index (χ2n) is 6.89. The van der Waals surface area contributed by atoms with E-state index in [1.165, 1.54) is 17.8 Å². The van der Waals surface area contributed by atoms with Crippen molar-refractivity contribution in [1.82, 2.24) is 19.5 Å². The lowest BCUT2D eigenvalue weighted by Gasteiger charge is -2.19. The molecule has 9 nitrogen and oxygen atoms in total. The molecule has 0 bridgehead atoms. The molecule has 0 spiro atoms. The van der Waals surface area contributed by atoms with Crippen LogP contribution in [0.15, 0.2) is 71.8 Å². The maximum atomic E-state index is 12.6. The standard InChI is InChI=1S/C22H19N5O4/c1-14(28)12-27-13-23-17-19(27)24-21(25-20(17)29)26-22(30)31-18(15-8-4-2-5-9-15)16-10-6-3-7-11-16/h2-11,13,18H,12H2,1H3,(H2,24,25,26,29,30). The summed E-state index contributed by atoms with van der Waals surface area (Å²) in [5.41, 5.74) is 1.31. The number of carbonyl (C=O) groups is 2. The van der Waals surface area contributed by atoms with Crippen molar-refractivity contribution in [2.45, 2.75) is 19.6 Å². The van der Waals surface area contributed by atoms with Crippen LogP contribution in [0, 0.1) is 0 Å². The van der Waals surface area contributed by atoms with Crippen LogP contribution >= 0.6 is 0 Å². The van der Waals surface area contributed by atoms with Crippen LogP contribution in [-0.4, -0.2) is 31.4 Å². The number of aromatic amines is 1. The lowest BCUT2D eigenvalue weighted by molar-refractivity contribution is -0.117. The number of benzene rings is 2. The third-order valence-corrected chi connectivity index (χ3v) is 4.52. The number of Topliss-reactive ketones (excluding diaryl/α,β-unsaturated/α-hetero) is 1. The van der Waals surface area contributed by atoms with Crippen LogP contribution in [0.2, 0.25) is 0 Å². The van der Waals surface area contributed by atoms with Crippen molar-refractivity contribution in [1.29, 1.82) is 0 Å². The Kier molecular flexibility index (Phi) is 5.57. The second kappa shape index (κ2) is 8.62. The molecule has 2 aromatic heterocycles. The topological polar surface area (TPSA) is 119 Å². The number of nitrogens with one attached hydrogen (secondary N) is 2. The highest BCUT2D eigenvalue weighted by Crippen LogP contribution is 2.26. The van der Waals surface area contributed by atoms with E-state index in [1.54, 1.807) is 0 Å². The average Bonchev–Trinajstić information content (AvgIpc) is 3.16. The van der Waals surface area contributed by atoms with Crippen molar-refractivity contribution >= 4 is 29.0 Å². The fourth-order valence-corrected chi connectivity index (χ4v) is 3.19. The van der Waals surface area contributed by atoms with E-state index >= 15 is 0 Å². The van der Waals surface area contributed by atoms with E-state index in [1.807, 2.05) is 60.7 Å². The summed E-state index contributed by atoms with van der Waals surface area (Å²) >= 11 is 0. The first-order chi connectivity index (χ1) is 15.0. The highest BCUT2D eigenvalue weighted by molar-refractivity contribution is 5.84. The van der Waals surface area contributed by atoms with Crippen molar-refractivity contribution in [3.8, 4) is 0 Å². The molecule has 1 amide bonds. The Morgan fingerprint density at radius 3 is 2.26 bits per heavy atom. The van der Waals surface area contributed by atoms with E-state index in [4.69, 9.17) is 4.74 Å². The molecule has 0 saturated carbocycles. The van der Waals surface area contributed by atoms with Crippen molar-refractivity contribution in [2.75, 3.05) is 5.32 Å². The van der Waals surface area contributed by atoms with Crippen molar-refractivity contribution in [3.05, 3.63) is 88.5 Å². The Morgan fingerprint density at radius 1 is 1.06 bits per heavy atom. The molecule has 0 saturated heterocycles. The molecule has 0 unspecified atom stereocenters. The zero-order valence-corrected chi connectivity index (χ0v) is 16.6. The van der Waals surface area contributed by atoms with Crippen molar-refractivity contribution < 1.29 is 14.3 Å². The fourth-order valence-electron chi connectivity index (χ4n) is 3.19. The van der Waals surface area contributed by atoms with Gasteiger partial charge in [0.05, 0.1) is 12.9 Å². The van der Waals surface area contributed by atoms with E-state index < -0.39 is 17.8 Å². The predicted molar refractivity (Wildman–Crippen MR) is 114 cm³/mol. The number of imidazole rings is 1.